The molecule has 10 aromatic rings. The van der Waals surface area contributed by atoms with Gasteiger partial charge in [-0.2, -0.15) is 0 Å². The van der Waals surface area contributed by atoms with Crippen LogP contribution in [-0.2, 0) is 0 Å². The zero-order valence-corrected chi connectivity index (χ0v) is 29.6. The second-order valence-electron chi connectivity index (χ2n) is 13.3. The van der Waals surface area contributed by atoms with Crippen LogP contribution in [0.15, 0.2) is 176 Å². The molecule has 0 bridgehead atoms. The molecule has 3 heterocycles. The number of para-hydroxylation sites is 4. The highest BCUT2D eigenvalue weighted by Gasteiger charge is 2.21. The van der Waals surface area contributed by atoms with Gasteiger partial charge in [-0.1, -0.05) is 109 Å². The van der Waals surface area contributed by atoms with Crippen molar-refractivity contribution in [2.45, 2.75) is 0 Å². The molecule has 0 unspecified atom stereocenters. The molecule has 0 atom stereocenters. The van der Waals surface area contributed by atoms with Gasteiger partial charge in [-0.15, -0.1) is 0 Å². The van der Waals surface area contributed by atoms with Crippen molar-refractivity contribution in [1.29, 1.82) is 0 Å². The van der Waals surface area contributed by atoms with Gasteiger partial charge in [0.15, 0.2) is 17.5 Å². The fraction of sp³-hybridized carbons (Fsp3) is 0. The Bertz CT molecular complexity index is 2870. The maximum absolute atomic E-state index is 14.8. The molecule has 0 spiro atoms. The minimum absolute atomic E-state index is 0.368. The summed E-state index contributed by atoms with van der Waals surface area (Å²) in [7, 11) is 0. The summed E-state index contributed by atoms with van der Waals surface area (Å²) in [6.45, 7) is 0. The van der Waals surface area contributed by atoms with E-state index in [0.717, 1.165) is 44.6 Å². The zero-order valence-electron chi connectivity index (χ0n) is 29.6. The van der Waals surface area contributed by atoms with Crippen molar-refractivity contribution in [3.05, 3.63) is 188 Å². The van der Waals surface area contributed by atoms with Gasteiger partial charge in [0.05, 0.1) is 33.4 Å². The van der Waals surface area contributed by atoms with E-state index in [1.54, 1.807) is 12.1 Å². The Morgan fingerprint density at radius 2 is 0.714 bits per heavy atom. The Kier molecular flexibility index (Phi) is 8.03. The minimum Gasteiger partial charge on any atom is -0.292 e. The first-order valence-electron chi connectivity index (χ1n) is 18.1. The summed E-state index contributed by atoms with van der Waals surface area (Å²) in [5, 5.41) is 0. The number of benzene rings is 7. The van der Waals surface area contributed by atoms with E-state index >= 15 is 0 Å². The molecule has 0 N–H and O–H groups in total. The zero-order chi connectivity index (χ0) is 37.6. The second kappa shape index (κ2) is 13.6. The maximum Gasteiger partial charge on any atom is 0.164 e. The summed E-state index contributed by atoms with van der Waals surface area (Å²) in [4.78, 5) is 25.1. The van der Waals surface area contributed by atoms with Crippen LogP contribution in [0.4, 0.5) is 8.78 Å². The van der Waals surface area contributed by atoms with Crippen LogP contribution in [0.3, 0.4) is 0 Å². The van der Waals surface area contributed by atoms with Gasteiger partial charge in [0, 0.05) is 27.8 Å². The molecule has 7 nitrogen and oxygen atoms in total. The molecule has 10 rings (SSSR count). The second-order valence-corrected chi connectivity index (χ2v) is 13.3. The number of aromatic nitrogens is 7. The molecule has 7 aromatic carbocycles. The SMILES string of the molecule is Fc1cccc(-c2nc3ccccc3n2-c2cc(-c3nc(-c4ccccc4)nc(-c4ccccc4)n3)cc(-n3c(-c4cccc(F)c4)nc4ccccc43)c2)c1. The van der Waals surface area contributed by atoms with Crippen LogP contribution in [0.1, 0.15) is 0 Å². The lowest BCUT2D eigenvalue weighted by Crippen LogP contribution is -2.05. The van der Waals surface area contributed by atoms with Crippen molar-refractivity contribution in [2.75, 3.05) is 0 Å². The van der Waals surface area contributed by atoms with Crippen LogP contribution in [0.5, 0.6) is 0 Å². The molecule has 0 aliphatic heterocycles. The Hall–Kier alpha value is -7.65. The van der Waals surface area contributed by atoms with Gasteiger partial charge in [0.25, 0.3) is 0 Å². The first-order valence-corrected chi connectivity index (χ1v) is 18.1. The van der Waals surface area contributed by atoms with Gasteiger partial charge in [0.2, 0.25) is 0 Å². The third kappa shape index (κ3) is 5.97. The van der Waals surface area contributed by atoms with Gasteiger partial charge in [-0.3, -0.25) is 9.13 Å². The topological polar surface area (TPSA) is 74.3 Å². The van der Waals surface area contributed by atoms with E-state index in [0.29, 0.717) is 45.8 Å². The van der Waals surface area contributed by atoms with Crippen molar-refractivity contribution in [2.24, 2.45) is 0 Å². The Labute approximate surface area is 319 Å². The first kappa shape index (κ1) is 33.0. The van der Waals surface area contributed by atoms with E-state index in [1.807, 2.05) is 149 Å². The number of hydrogen-bond donors (Lipinski definition) is 0. The fourth-order valence-electron chi connectivity index (χ4n) is 7.14. The predicted octanol–water partition coefficient (Wildman–Crippen LogP) is 11.2. The number of imidazole rings is 2. The molecule has 56 heavy (non-hydrogen) atoms. The Balaban J connectivity index is 1.30. The van der Waals surface area contributed by atoms with Crippen LogP contribution < -0.4 is 0 Å². The van der Waals surface area contributed by atoms with Crippen molar-refractivity contribution >= 4 is 22.1 Å². The molecule has 0 radical (unpaired) electrons. The number of nitrogens with zero attached hydrogens (tertiary/aromatic N) is 7. The number of fused-ring (bicyclic) bond motifs is 2. The van der Waals surface area contributed by atoms with Gasteiger partial charge >= 0.3 is 0 Å². The molecule has 0 fully saturated rings. The Morgan fingerprint density at radius 3 is 1.16 bits per heavy atom. The van der Waals surface area contributed by atoms with Crippen molar-refractivity contribution in [3.63, 3.8) is 0 Å². The number of rotatable bonds is 7. The standard InChI is InChI=1S/C47H29F2N7/c48-35-19-11-17-32(25-35)46-50-39-21-7-9-23-41(39)55(46)37-27-34(45-53-43(30-13-3-1-4-14-30)52-44(54-45)31-15-5-2-6-16-31)28-38(29-37)56-42-24-10-8-22-40(42)51-47(56)33-18-12-20-36(49)26-33/h1-29H. The average Bonchev–Trinajstić information content (AvgIpc) is 3.84. The molecule has 9 heteroatoms. The highest BCUT2D eigenvalue weighted by Crippen LogP contribution is 2.36. The van der Waals surface area contributed by atoms with Crippen LogP contribution in [0, 0.1) is 11.6 Å². The highest BCUT2D eigenvalue weighted by molar-refractivity contribution is 5.87. The van der Waals surface area contributed by atoms with E-state index < -0.39 is 0 Å². The third-order valence-electron chi connectivity index (χ3n) is 9.66. The highest BCUT2D eigenvalue weighted by atomic mass is 19.1. The summed E-state index contributed by atoms with van der Waals surface area (Å²) in [6.07, 6.45) is 0. The fourth-order valence-corrected chi connectivity index (χ4v) is 7.14. The van der Waals surface area contributed by atoms with E-state index in [4.69, 9.17) is 24.9 Å². The lowest BCUT2D eigenvalue weighted by Gasteiger charge is -2.17. The summed E-state index contributed by atoms with van der Waals surface area (Å²) < 4.78 is 33.7. The third-order valence-corrected chi connectivity index (χ3v) is 9.66. The van der Waals surface area contributed by atoms with Crippen LogP contribution in [-0.4, -0.2) is 34.1 Å². The lowest BCUT2D eigenvalue weighted by atomic mass is 10.1. The van der Waals surface area contributed by atoms with Gasteiger partial charge in [0.1, 0.15) is 23.3 Å². The quantitative estimate of drug-likeness (QED) is 0.163. The minimum atomic E-state index is -0.368. The number of hydrogen-bond acceptors (Lipinski definition) is 5. The van der Waals surface area contributed by atoms with Crippen LogP contribution in [0.2, 0.25) is 0 Å². The molecule has 0 aliphatic carbocycles. The molecule has 0 saturated heterocycles. The summed E-state index contributed by atoms with van der Waals surface area (Å²) in [5.74, 6) is 1.85. The normalized spacial score (nSPS) is 11.4. The maximum atomic E-state index is 14.8. The van der Waals surface area contributed by atoms with Crippen molar-refractivity contribution in [1.82, 2.24) is 34.1 Å². The first-order chi connectivity index (χ1) is 27.6. The van der Waals surface area contributed by atoms with Crippen LogP contribution >= 0.6 is 0 Å². The van der Waals surface area contributed by atoms with E-state index in [1.165, 1.54) is 24.3 Å². The summed E-state index contributed by atoms with van der Waals surface area (Å²) in [6, 6.07) is 54.2. The Morgan fingerprint density at radius 1 is 0.321 bits per heavy atom. The van der Waals surface area contributed by atoms with Crippen molar-refractivity contribution in [3.8, 4) is 68.3 Å². The van der Waals surface area contributed by atoms with E-state index in [-0.39, 0.29) is 11.6 Å². The van der Waals surface area contributed by atoms with E-state index in [2.05, 4.69) is 0 Å². The lowest BCUT2D eigenvalue weighted by molar-refractivity contribution is 0.627. The van der Waals surface area contributed by atoms with Gasteiger partial charge in [-0.05, 0) is 66.7 Å². The molecular weight excluding hydrogens is 701 g/mol. The van der Waals surface area contributed by atoms with Crippen LogP contribution in [0.25, 0.3) is 90.4 Å². The van der Waals surface area contributed by atoms with Gasteiger partial charge in [-0.25, -0.2) is 33.7 Å². The summed E-state index contributed by atoms with van der Waals surface area (Å²) >= 11 is 0. The van der Waals surface area contributed by atoms with E-state index in [9.17, 15) is 8.78 Å². The molecular formula is C47H29F2N7. The molecule has 0 aliphatic rings. The predicted molar refractivity (Wildman–Crippen MR) is 216 cm³/mol. The average molecular weight is 730 g/mol. The van der Waals surface area contributed by atoms with Gasteiger partial charge < -0.3 is 0 Å². The molecule has 3 aromatic heterocycles. The molecule has 0 amide bonds. The smallest absolute Gasteiger partial charge is 0.164 e. The largest absolute Gasteiger partial charge is 0.292 e. The summed E-state index contributed by atoms with van der Waals surface area (Å²) in [5.41, 5.74) is 8.14. The van der Waals surface area contributed by atoms with Crippen molar-refractivity contribution < 1.29 is 8.78 Å². The monoisotopic (exact) mass is 729 g/mol. The molecule has 0 saturated carbocycles. The number of halogens is 2. The molecule has 266 valence electrons.